The van der Waals surface area contributed by atoms with Crippen LogP contribution in [-0.2, 0) is 4.74 Å². The fourth-order valence-electron chi connectivity index (χ4n) is 3.22. The summed E-state index contributed by atoms with van der Waals surface area (Å²) in [4.78, 5) is 7.08. The second kappa shape index (κ2) is 13.9. The average molecular weight is 508 g/mol. The van der Waals surface area contributed by atoms with E-state index in [9.17, 15) is 4.39 Å². The van der Waals surface area contributed by atoms with E-state index in [2.05, 4.69) is 20.5 Å². The Morgan fingerprint density at radius 1 is 1.39 bits per heavy atom. The van der Waals surface area contributed by atoms with Crippen LogP contribution in [0.1, 0.15) is 26.7 Å². The maximum atomic E-state index is 13.3. The lowest BCUT2D eigenvalue weighted by Crippen LogP contribution is -2.45. The van der Waals surface area contributed by atoms with Crippen molar-refractivity contribution in [1.82, 2.24) is 15.5 Å². The lowest BCUT2D eigenvalue weighted by atomic mass is 10.2. The summed E-state index contributed by atoms with van der Waals surface area (Å²) in [5.74, 6) is 1.01. The van der Waals surface area contributed by atoms with E-state index in [4.69, 9.17) is 9.47 Å². The van der Waals surface area contributed by atoms with Gasteiger partial charge in [-0.1, -0.05) is 6.07 Å². The van der Waals surface area contributed by atoms with Crippen molar-refractivity contribution in [1.29, 1.82) is 0 Å². The molecule has 2 atom stereocenters. The zero-order valence-corrected chi connectivity index (χ0v) is 19.4. The lowest BCUT2D eigenvalue weighted by molar-refractivity contribution is 0.141. The Hall–Kier alpha value is -1.13. The van der Waals surface area contributed by atoms with Gasteiger partial charge in [-0.25, -0.2) is 9.38 Å². The minimum Gasteiger partial charge on any atom is -0.489 e. The SMILES string of the molecule is CCNC(=NCC(C)Oc1cccc(F)c1)NCC1CCCN1CCOC.I. The largest absolute Gasteiger partial charge is 0.489 e. The molecule has 1 fully saturated rings. The van der Waals surface area contributed by atoms with Crippen molar-refractivity contribution in [3.8, 4) is 5.75 Å². The van der Waals surface area contributed by atoms with Crippen LogP contribution in [0.15, 0.2) is 29.3 Å². The first-order valence-electron chi connectivity index (χ1n) is 9.79. The van der Waals surface area contributed by atoms with Crippen LogP contribution in [0.3, 0.4) is 0 Å². The number of hydrogen-bond acceptors (Lipinski definition) is 4. The van der Waals surface area contributed by atoms with E-state index in [1.807, 2.05) is 13.8 Å². The molecule has 1 aromatic rings. The Labute approximate surface area is 185 Å². The fraction of sp³-hybridized carbons (Fsp3) is 0.650. The minimum absolute atomic E-state index is 0. The quantitative estimate of drug-likeness (QED) is 0.289. The molecule has 0 radical (unpaired) electrons. The Kier molecular flexibility index (Phi) is 12.4. The van der Waals surface area contributed by atoms with E-state index in [1.165, 1.54) is 25.0 Å². The Balaban J connectivity index is 0.00000392. The van der Waals surface area contributed by atoms with Crippen LogP contribution in [-0.4, -0.2) is 69.4 Å². The van der Waals surface area contributed by atoms with Gasteiger partial charge in [-0.2, -0.15) is 0 Å². The van der Waals surface area contributed by atoms with E-state index in [0.29, 0.717) is 18.3 Å². The molecule has 0 spiro atoms. The number of nitrogens with one attached hydrogen (secondary N) is 2. The molecule has 1 aromatic carbocycles. The Bertz CT molecular complexity index is 591. The van der Waals surface area contributed by atoms with Crippen LogP contribution in [0.5, 0.6) is 5.75 Å². The molecule has 0 aromatic heterocycles. The lowest BCUT2D eigenvalue weighted by Gasteiger charge is -2.25. The van der Waals surface area contributed by atoms with Crippen LogP contribution in [0.25, 0.3) is 0 Å². The van der Waals surface area contributed by atoms with E-state index in [1.54, 1.807) is 19.2 Å². The molecule has 1 aliphatic heterocycles. The molecule has 1 heterocycles. The number of rotatable bonds is 10. The van der Waals surface area contributed by atoms with Crippen LogP contribution in [0.2, 0.25) is 0 Å². The number of ether oxygens (including phenoxy) is 2. The predicted molar refractivity (Wildman–Crippen MR) is 122 cm³/mol. The van der Waals surface area contributed by atoms with E-state index < -0.39 is 0 Å². The highest BCUT2D eigenvalue weighted by molar-refractivity contribution is 14.0. The van der Waals surface area contributed by atoms with Crippen molar-refractivity contribution >= 4 is 29.9 Å². The zero-order valence-electron chi connectivity index (χ0n) is 17.1. The summed E-state index contributed by atoms with van der Waals surface area (Å²) in [5, 5.41) is 6.71. The van der Waals surface area contributed by atoms with Gasteiger partial charge in [0, 0.05) is 38.9 Å². The molecule has 2 N–H and O–H groups in total. The zero-order chi connectivity index (χ0) is 19.5. The molecule has 2 unspecified atom stereocenters. The number of likely N-dealkylation sites (tertiary alicyclic amines) is 1. The van der Waals surface area contributed by atoms with Gasteiger partial charge in [0.25, 0.3) is 0 Å². The summed E-state index contributed by atoms with van der Waals surface area (Å²) >= 11 is 0. The van der Waals surface area contributed by atoms with Gasteiger partial charge in [-0.15, -0.1) is 24.0 Å². The Morgan fingerprint density at radius 2 is 2.21 bits per heavy atom. The number of nitrogens with zero attached hydrogens (tertiary/aromatic N) is 2. The van der Waals surface area contributed by atoms with Crippen molar-refractivity contribution < 1.29 is 13.9 Å². The summed E-state index contributed by atoms with van der Waals surface area (Å²) in [7, 11) is 1.74. The van der Waals surface area contributed by atoms with Gasteiger partial charge in [-0.05, 0) is 45.4 Å². The number of methoxy groups -OCH3 is 1. The van der Waals surface area contributed by atoms with Crippen LogP contribution < -0.4 is 15.4 Å². The van der Waals surface area contributed by atoms with E-state index in [0.717, 1.165) is 38.7 Å². The molecule has 0 saturated carbocycles. The summed E-state index contributed by atoms with van der Waals surface area (Å²) in [6.45, 7) is 8.98. The molecule has 6 nitrogen and oxygen atoms in total. The van der Waals surface area contributed by atoms with Gasteiger partial charge in [0.05, 0.1) is 13.2 Å². The van der Waals surface area contributed by atoms with E-state index >= 15 is 0 Å². The van der Waals surface area contributed by atoms with Crippen molar-refractivity contribution in [2.45, 2.75) is 38.8 Å². The number of aliphatic imine (C=N–C) groups is 1. The summed E-state index contributed by atoms with van der Waals surface area (Å²) in [6.07, 6.45) is 2.27. The molecular weight excluding hydrogens is 474 g/mol. The third-order valence-corrected chi connectivity index (χ3v) is 4.57. The number of hydrogen-bond donors (Lipinski definition) is 2. The van der Waals surface area contributed by atoms with Crippen LogP contribution in [0, 0.1) is 5.82 Å². The second-order valence-electron chi connectivity index (χ2n) is 6.81. The molecular formula is C20H34FIN4O2. The molecule has 1 saturated heterocycles. The smallest absolute Gasteiger partial charge is 0.191 e. The van der Waals surface area contributed by atoms with Crippen molar-refractivity contribution in [2.24, 2.45) is 4.99 Å². The van der Waals surface area contributed by atoms with Crippen LogP contribution >= 0.6 is 24.0 Å². The maximum Gasteiger partial charge on any atom is 0.191 e. The van der Waals surface area contributed by atoms with Gasteiger partial charge in [0.15, 0.2) is 5.96 Å². The number of benzene rings is 1. The molecule has 1 aliphatic rings. The van der Waals surface area contributed by atoms with Crippen molar-refractivity contribution in [2.75, 3.05) is 46.4 Å². The van der Waals surface area contributed by atoms with Gasteiger partial charge < -0.3 is 20.1 Å². The number of halogens is 2. The van der Waals surface area contributed by atoms with Gasteiger partial charge in [0.1, 0.15) is 17.7 Å². The summed E-state index contributed by atoms with van der Waals surface area (Å²) < 4.78 is 24.2. The van der Waals surface area contributed by atoms with Gasteiger partial charge >= 0.3 is 0 Å². The standard InChI is InChI=1S/C20H33FN4O2.HI/c1-4-22-20(24-15-18-8-6-10-25(18)11-12-26-3)23-14-16(2)27-19-9-5-7-17(21)13-19;/h5,7,9,13,16,18H,4,6,8,10-12,14-15H2,1-3H3,(H2,22,23,24);1H. The van der Waals surface area contributed by atoms with Gasteiger partial charge in [0.2, 0.25) is 0 Å². The first kappa shape index (κ1) is 24.9. The van der Waals surface area contributed by atoms with Gasteiger partial charge in [-0.3, -0.25) is 4.90 Å². The molecule has 0 aliphatic carbocycles. The summed E-state index contributed by atoms with van der Waals surface area (Å²) in [6, 6.07) is 6.69. The molecule has 28 heavy (non-hydrogen) atoms. The second-order valence-corrected chi connectivity index (χ2v) is 6.81. The highest BCUT2D eigenvalue weighted by atomic mass is 127. The minimum atomic E-state index is -0.298. The molecule has 2 rings (SSSR count). The fourth-order valence-corrected chi connectivity index (χ4v) is 3.22. The van der Waals surface area contributed by atoms with Crippen LogP contribution in [0.4, 0.5) is 4.39 Å². The summed E-state index contributed by atoms with van der Waals surface area (Å²) in [5.41, 5.74) is 0. The average Bonchev–Trinajstić information content (AvgIpc) is 3.09. The topological polar surface area (TPSA) is 58.1 Å². The molecule has 0 amide bonds. The third kappa shape index (κ3) is 8.91. The normalized spacial score (nSPS) is 18.4. The maximum absolute atomic E-state index is 13.3. The molecule has 8 heteroatoms. The van der Waals surface area contributed by atoms with Crippen molar-refractivity contribution in [3.05, 3.63) is 30.1 Å². The highest BCUT2D eigenvalue weighted by Gasteiger charge is 2.23. The van der Waals surface area contributed by atoms with E-state index in [-0.39, 0.29) is 35.9 Å². The van der Waals surface area contributed by atoms with Crippen molar-refractivity contribution in [3.63, 3.8) is 0 Å². The first-order chi connectivity index (χ1) is 13.1. The monoisotopic (exact) mass is 508 g/mol. The third-order valence-electron chi connectivity index (χ3n) is 4.57. The Morgan fingerprint density at radius 3 is 2.93 bits per heavy atom. The highest BCUT2D eigenvalue weighted by Crippen LogP contribution is 2.16. The number of guanidine groups is 1. The first-order valence-corrected chi connectivity index (χ1v) is 9.79. The molecule has 160 valence electrons. The predicted octanol–water partition coefficient (Wildman–Crippen LogP) is 2.88. The molecule has 0 bridgehead atoms.